The highest BCUT2D eigenvalue weighted by atomic mass is 16.5. The van der Waals surface area contributed by atoms with Gasteiger partial charge in [-0.2, -0.15) is 0 Å². The maximum atomic E-state index is 6.16. The van der Waals surface area contributed by atoms with Crippen molar-refractivity contribution in [1.29, 1.82) is 0 Å². The third kappa shape index (κ3) is 16.8. The molecule has 0 aromatic carbocycles. The van der Waals surface area contributed by atoms with Crippen LogP contribution < -0.4 is 0 Å². The molecule has 4 aliphatic carbocycles. The van der Waals surface area contributed by atoms with E-state index >= 15 is 0 Å². The van der Waals surface area contributed by atoms with Crippen LogP contribution in [0.25, 0.3) is 0 Å². The molecule has 2 fully saturated rings. The van der Waals surface area contributed by atoms with Crippen LogP contribution in [0.5, 0.6) is 0 Å². The molecule has 0 aromatic rings. The molecule has 0 heterocycles. The van der Waals surface area contributed by atoms with Gasteiger partial charge in [0, 0.05) is 0 Å². The third-order valence-corrected chi connectivity index (χ3v) is 13.7. The first-order valence-corrected chi connectivity index (χ1v) is 22.1. The highest BCUT2D eigenvalue weighted by molar-refractivity contribution is 5.07. The molecule has 4 aliphatic rings. The van der Waals surface area contributed by atoms with Crippen molar-refractivity contribution in [2.45, 2.75) is 219 Å². The topological polar surface area (TPSA) is 9.23 Å². The van der Waals surface area contributed by atoms with E-state index in [9.17, 15) is 0 Å². The lowest BCUT2D eigenvalue weighted by Crippen LogP contribution is -2.15. The maximum absolute atomic E-state index is 6.16. The molecule has 2 unspecified atom stereocenters. The normalized spacial score (nSPS) is 28.6. The smallest absolute Gasteiger partial charge is 0.0503 e. The number of hydrogen-bond donors (Lipinski definition) is 0. The predicted octanol–water partition coefficient (Wildman–Crippen LogP) is 15.1. The van der Waals surface area contributed by atoms with Gasteiger partial charge >= 0.3 is 0 Å². The van der Waals surface area contributed by atoms with E-state index in [0.717, 1.165) is 48.7 Å². The summed E-state index contributed by atoms with van der Waals surface area (Å²) >= 11 is 0. The molecule has 272 valence electrons. The lowest BCUT2D eigenvalue weighted by atomic mass is 9.77. The molecule has 0 aromatic heterocycles. The summed E-state index contributed by atoms with van der Waals surface area (Å²) in [7, 11) is 0. The number of ether oxygens (including phenoxy) is 1. The van der Waals surface area contributed by atoms with Crippen molar-refractivity contribution in [3.05, 3.63) is 23.3 Å². The van der Waals surface area contributed by atoms with Gasteiger partial charge in [-0.15, -0.1) is 0 Å². The third-order valence-electron chi connectivity index (χ3n) is 13.7. The van der Waals surface area contributed by atoms with Gasteiger partial charge in [-0.1, -0.05) is 191 Å². The van der Waals surface area contributed by atoms with Gasteiger partial charge in [0.25, 0.3) is 0 Å². The molecule has 4 rings (SSSR count). The first-order chi connectivity index (χ1) is 23.2. The van der Waals surface area contributed by atoms with E-state index in [1.807, 2.05) is 0 Å². The SMILES string of the molecule is CCCCCCC1CCC(CCCC2CC=C(CCOCCC3=CCC(CCCC4CCC(CCCCCC)CC4)CC3)CC2)CC1. The van der Waals surface area contributed by atoms with E-state index in [-0.39, 0.29) is 0 Å². The number of rotatable bonds is 24. The van der Waals surface area contributed by atoms with Gasteiger partial charge in [-0.05, 0) is 86.9 Å². The Hall–Kier alpha value is -0.560. The van der Waals surface area contributed by atoms with Gasteiger partial charge in [0.15, 0.2) is 0 Å². The van der Waals surface area contributed by atoms with E-state index in [4.69, 9.17) is 4.74 Å². The second-order valence-corrected chi connectivity index (χ2v) is 17.5. The minimum atomic E-state index is 0.939. The lowest BCUT2D eigenvalue weighted by molar-refractivity contribution is 0.138. The van der Waals surface area contributed by atoms with Crippen LogP contribution in [0.4, 0.5) is 0 Å². The maximum Gasteiger partial charge on any atom is 0.0503 e. The monoisotopic (exact) mass is 651 g/mol. The summed E-state index contributed by atoms with van der Waals surface area (Å²) in [5, 5.41) is 0. The summed E-state index contributed by atoms with van der Waals surface area (Å²) in [4.78, 5) is 0. The van der Waals surface area contributed by atoms with Crippen LogP contribution in [-0.2, 0) is 4.74 Å². The quantitative estimate of drug-likeness (QED) is 0.0746. The molecular formula is C46H82O. The lowest BCUT2D eigenvalue weighted by Gasteiger charge is -2.29. The molecule has 0 aliphatic heterocycles. The van der Waals surface area contributed by atoms with Crippen molar-refractivity contribution in [2.24, 2.45) is 35.5 Å². The molecule has 0 amide bonds. The van der Waals surface area contributed by atoms with Crippen LogP contribution in [0.3, 0.4) is 0 Å². The minimum Gasteiger partial charge on any atom is -0.381 e. The van der Waals surface area contributed by atoms with Crippen molar-refractivity contribution in [3.8, 4) is 0 Å². The van der Waals surface area contributed by atoms with Crippen molar-refractivity contribution in [3.63, 3.8) is 0 Å². The number of allylic oxidation sites excluding steroid dienone is 2. The van der Waals surface area contributed by atoms with Crippen molar-refractivity contribution < 1.29 is 4.74 Å². The van der Waals surface area contributed by atoms with Gasteiger partial charge < -0.3 is 4.74 Å². The van der Waals surface area contributed by atoms with Crippen LogP contribution in [-0.4, -0.2) is 13.2 Å². The van der Waals surface area contributed by atoms with E-state index in [1.165, 1.54) is 205 Å². The molecule has 2 atom stereocenters. The fraction of sp³-hybridized carbons (Fsp3) is 0.913. The molecular weight excluding hydrogens is 569 g/mol. The van der Waals surface area contributed by atoms with Gasteiger partial charge in [0.2, 0.25) is 0 Å². The zero-order valence-corrected chi connectivity index (χ0v) is 32.1. The van der Waals surface area contributed by atoms with E-state index in [2.05, 4.69) is 26.0 Å². The van der Waals surface area contributed by atoms with Crippen molar-refractivity contribution >= 4 is 0 Å². The molecule has 0 spiro atoms. The molecule has 0 radical (unpaired) electrons. The molecule has 0 saturated heterocycles. The second kappa shape index (κ2) is 24.6. The highest BCUT2D eigenvalue weighted by Gasteiger charge is 2.23. The van der Waals surface area contributed by atoms with Crippen LogP contribution in [0.15, 0.2) is 23.3 Å². The van der Waals surface area contributed by atoms with Gasteiger partial charge in [0.05, 0.1) is 13.2 Å². The summed E-state index contributed by atoms with van der Waals surface area (Å²) in [5.74, 6) is 6.15. The van der Waals surface area contributed by atoms with E-state index < -0.39 is 0 Å². The number of hydrogen-bond acceptors (Lipinski definition) is 1. The summed E-state index contributed by atoms with van der Waals surface area (Å²) < 4.78 is 6.16. The molecule has 2 saturated carbocycles. The van der Waals surface area contributed by atoms with E-state index in [1.54, 1.807) is 11.1 Å². The minimum absolute atomic E-state index is 0.939. The van der Waals surface area contributed by atoms with Crippen LogP contribution in [0, 0.1) is 35.5 Å². The fourth-order valence-corrected chi connectivity index (χ4v) is 10.1. The summed E-state index contributed by atoms with van der Waals surface area (Å²) in [6, 6.07) is 0. The largest absolute Gasteiger partial charge is 0.381 e. The molecule has 1 heteroatoms. The Labute approximate surface area is 295 Å². The Balaban J connectivity index is 0.933. The van der Waals surface area contributed by atoms with Gasteiger partial charge in [-0.25, -0.2) is 0 Å². The second-order valence-electron chi connectivity index (χ2n) is 17.5. The van der Waals surface area contributed by atoms with Gasteiger partial charge in [-0.3, -0.25) is 0 Å². The Morgan fingerprint density at radius 2 is 0.787 bits per heavy atom. The van der Waals surface area contributed by atoms with Crippen molar-refractivity contribution in [1.82, 2.24) is 0 Å². The van der Waals surface area contributed by atoms with Gasteiger partial charge in [0.1, 0.15) is 0 Å². The highest BCUT2D eigenvalue weighted by Crippen LogP contribution is 2.38. The van der Waals surface area contributed by atoms with Crippen molar-refractivity contribution in [2.75, 3.05) is 13.2 Å². The summed E-state index contributed by atoms with van der Waals surface area (Å²) in [5.41, 5.74) is 3.38. The zero-order valence-electron chi connectivity index (χ0n) is 32.1. The molecule has 0 bridgehead atoms. The Bertz CT molecular complexity index is 754. The molecule has 0 N–H and O–H groups in total. The Kier molecular flexibility index (Phi) is 20.5. The van der Waals surface area contributed by atoms with E-state index in [0.29, 0.717) is 0 Å². The fourth-order valence-electron chi connectivity index (χ4n) is 10.1. The Morgan fingerprint density at radius 1 is 0.426 bits per heavy atom. The van der Waals surface area contributed by atoms with Crippen LogP contribution in [0.2, 0.25) is 0 Å². The van der Waals surface area contributed by atoms with Crippen LogP contribution in [0.1, 0.15) is 219 Å². The average molecular weight is 651 g/mol. The standard InChI is InChI=1S/C46H82O/c1-3-5-7-9-13-39-19-23-41(24-20-39)15-11-17-43-27-31-45(32-28-43)35-37-47-38-36-46-33-29-44(30-34-46)18-12-16-42-25-21-40(22-26-42)14-10-8-6-4-2/h31,33,39-44H,3-30,32,34-38H2,1-2H3. The summed E-state index contributed by atoms with van der Waals surface area (Å²) in [6.45, 7) is 6.53. The molecule has 47 heavy (non-hydrogen) atoms. The molecule has 1 nitrogen and oxygen atoms in total. The van der Waals surface area contributed by atoms with Crippen LogP contribution >= 0.6 is 0 Å². The first kappa shape index (κ1) is 39.2. The first-order valence-electron chi connectivity index (χ1n) is 22.1. The predicted molar refractivity (Wildman–Crippen MR) is 207 cm³/mol. The summed E-state index contributed by atoms with van der Waals surface area (Å²) in [6.07, 6.45) is 51.6. The number of unbranched alkanes of at least 4 members (excludes halogenated alkanes) is 6. The Morgan fingerprint density at radius 3 is 1.13 bits per heavy atom. The zero-order chi connectivity index (χ0) is 32.8. The average Bonchev–Trinajstić information content (AvgIpc) is 3.11.